The van der Waals surface area contributed by atoms with Crippen molar-refractivity contribution in [3.8, 4) is 0 Å². The molecule has 0 spiro atoms. The van der Waals surface area contributed by atoms with Crippen molar-refractivity contribution >= 4 is 0 Å². The Balaban J connectivity index is 2.20. The van der Waals surface area contributed by atoms with Crippen LogP contribution in [0.15, 0.2) is 0 Å². The lowest BCUT2D eigenvalue weighted by atomic mass is 9.73. The number of ether oxygens (including phenoxy) is 1. The van der Waals surface area contributed by atoms with Gasteiger partial charge in [0.1, 0.15) is 5.67 Å². The van der Waals surface area contributed by atoms with E-state index in [4.69, 9.17) is 10.5 Å². The lowest BCUT2D eigenvalue weighted by molar-refractivity contribution is -0.0499. The van der Waals surface area contributed by atoms with Crippen molar-refractivity contribution in [2.24, 2.45) is 11.7 Å². The monoisotopic (exact) mass is 147 g/mol. The first-order valence-corrected chi connectivity index (χ1v) is 3.58. The van der Waals surface area contributed by atoms with Crippen molar-refractivity contribution in [2.45, 2.75) is 18.5 Å². The minimum absolute atomic E-state index is 0.226. The van der Waals surface area contributed by atoms with E-state index in [9.17, 15) is 4.39 Å². The van der Waals surface area contributed by atoms with Crippen LogP contribution in [0.2, 0.25) is 0 Å². The molecular weight excluding hydrogens is 133 g/mol. The summed E-state index contributed by atoms with van der Waals surface area (Å²) < 4.78 is 17.9. The molecule has 3 heteroatoms. The summed E-state index contributed by atoms with van der Waals surface area (Å²) in [5.41, 5.74) is 4.29. The molecule has 10 heavy (non-hydrogen) atoms. The average molecular weight is 147 g/mol. The van der Waals surface area contributed by atoms with Gasteiger partial charge in [-0.05, 0) is 25.3 Å². The molecular formula is C7H14FNO. The Bertz CT molecular complexity index is 112. The molecule has 2 N–H and O–H groups in total. The average Bonchev–Trinajstić information content (AvgIpc) is 1.83. The van der Waals surface area contributed by atoms with Crippen molar-refractivity contribution in [1.82, 2.24) is 0 Å². The van der Waals surface area contributed by atoms with Gasteiger partial charge < -0.3 is 10.5 Å². The van der Waals surface area contributed by atoms with Gasteiger partial charge in [0.05, 0.1) is 6.61 Å². The van der Waals surface area contributed by atoms with E-state index in [0.29, 0.717) is 25.3 Å². The molecule has 1 saturated carbocycles. The second-order valence-electron chi connectivity index (χ2n) is 3.09. The molecule has 1 fully saturated rings. The van der Waals surface area contributed by atoms with Crippen molar-refractivity contribution in [3.63, 3.8) is 0 Å². The Labute approximate surface area is 60.5 Å². The van der Waals surface area contributed by atoms with Gasteiger partial charge in [-0.2, -0.15) is 0 Å². The van der Waals surface area contributed by atoms with E-state index in [1.54, 1.807) is 0 Å². The molecule has 0 unspecified atom stereocenters. The first kappa shape index (κ1) is 7.95. The molecule has 0 aromatic carbocycles. The minimum Gasteiger partial charge on any atom is -0.381 e. The number of halogens is 1. The van der Waals surface area contributed by atoms with Crippen LogP contribution in [0.4, 0.5) is 4.39 Å². The Morgan fingerprint density at radius 1 is 1.70 bits per heavy atom. The number of rotatable bonds is 3. The van der Waals surface area contributed by atoms with Crippen LogP contribution in [0.1, 0.15) is 12.8 Å². The Kier molecular flexibility index (Phi) is 2.26. The number of alkyl halides is 1. The lowest BCUT2D eigenvalue weighted by Gasteiger charge is -2.40. The van der Waals surface area contributed by atoms with Crippen molar-refractivity contribution in [2.75, 3.05) is 20.3 Å². The molecule has 0 radical (unpaired) electrons. The van der Waals surface area contributed by atoms with E-state index in [-0.39, 0.29) is 6.61 Å². The van der Waals surface area contributed by atoms with Crippen LogP contribution >= 0.6 is 0 Å². The van der Waals surface area contributed by atoms with Crippen LogP contribution in [-0.2, 0) is 4.74 Å². The van der Waals surface area contributed by atoms with Gasteiger partial charge in [-0.3, -0.25) is 0 Å². The van der Waals surface area contributed by atoms with Crippen LogP contribution in [0.3, 0.4) is 0 Å². The number of hydrogen-bond donors (Lipinski definition) is 1. The third kappa shape index (κ3) is 1.47. The first-order chi connectivity index (χ1) is 4.70. The highest BCUT2D eigenvalue weighted by atomic mass is 19.1. The molecule has 0 amide bonds. The van der Waals surface area contributed by atoms with Gasteiger partial charge in [0.15, 0.2) is 0 Å². The number of hydrogen-bond acceptors (Lipinski definition) is 2. The van der Waals surface area contributed by atoms with E-state index < -0.39 is 5.67 Å². The summed E-state index contributed by atoms with van der Waals surface area (Å²) in [6.07, 6.45) is 1.16. The maximum atomic E-state index is 13.2. The van der Waals surface area contributed by atoms with Crippen molar-refractivity contribution < 1.29 is 9.13 Å². The van der Waals surface area contributed by atoms with E-state index >= 15 is 0 Å². The Morgan fingerprint density at radius 3 is 2.70 bits per heavy atom. The van der Waals surface area contributed by atoms with Gasteiger partial charge in [-0.25, -0.2) is 4.39 Å². The fraction of sp³-hybridized carbons (Fsp3) is 1.00. The fourth-order valence-corrected chi connectivity index (χ4v) is 1.52. The summed E-state index contributed by atoms with van der Waals surface area (Å²) in [6.45, 7) is 0.832. The van der Waals surface area contributed by atoms with Crippen LogP contribution < -0.4 is 5.73 Å². The Morgan fingerprint density at radius 2 is 2.30 bits per heavy atom. The highest BCUT2D eigenvalue weighted by molar-refractivity contribution is 4.94. The van der Waals surface area contributed by atoms with Gasteiger partial charge in [0, 0.05) is 7.11 Å². The predicted molar refractivity (Wildman–Crippen MR) is 37.5 cm³/mol. The summed E-state index contributed by atoms with van der Waals surface area (Å²) in [6, 6.07) is 0. The third-order valence-corrected chi connectivity index (χ3v) is 2.05. The largest absolute Gasteiger partial charge is 0.381 e. The zero-order valence-electron chi connectivity index (χ0n) is 6.27. The summed E-state index contributed by atoms with van der Waals surface area (Å²) in [5, 5.41) is 0. The maximum absolute atomic E-state index is 13.2. The standard InChI is InChI=1S/C7H14FNO/c1-10-5-7(8)2-6(3-7)4-9/h6H,2-5,9H2,1H3. The molecule has 0 atom stereocenters. The van der Waals surface area contributed by atoms with Gasteiger partial charge in [0.2, 0.25) is 0 Å². The summed E-state index contributed by atoms with van der Waals surface area (Å²) in [7, 11) is 1.52. The first-order valence-electron chi connectivity index (χ1n) is 3.58. The van der Waals surface area contributed by atoms with Gasteiger partial charge in [-0.1, -0.05) is 0 Å². The SMILES string of the molecule is COCC1(F)CC(CN)C1. The molecule has 2 nitrogen and oxygen atoms in total. The molecule has 1 rings (SSSR count). The highest BCUT2D eigenvalue weighted by Gasteiger charge is 2.43. The molecule has 1 aliphatic rings. The Hall–Kier alpha value is -0.150. The topological polar surface area (TPSA) is 35.2 Å². The molecule has 0 aliphatic heterocycles. The second kappa shape index (κ2) is 2.84. The highest BCUT2D eigenvalue weighted by Crippen LogP contribution is 2.40. The summed E-state index contributed by atoms with van der Waals surface area (Å²) in [5.74, 6) is 0.389. The van der Waals surface area contributed by atoms with E-state index in [0.717, 1.165) is 0 Å². The van der Waals surface area contributed by atoms with Crippen LogP contribution in [0, 0.1) is 5.92 Å². The minimum atomic E-state index is -1.06. The van der Waals surface area contributed by atoms with Crippen molar-refractivity contribution in [3.05, 3.63) is 0 Å². The second-order valence-corrected chi connectivity index (χ2v) is 3.09. The fourth-order valence-electron chi connectivity index (χ4n) is 1.52. The zero-order valence-corrected chi connectivity index (χ0v) is 6.27. The molecule has 0 heterocycles. The normalized spacial score (nSPS) is 39.3. The predicted octanol–water partition coefficient (Wildman–Crippen LogP) is 0.710. The summed E-state index contributed by atoms with van der Waals surface area (Å²) >= 11 is 0. The van der Waals surface area contributed by atoms with E-state index in [2.05, 4.69) is 0 Å². The zero-order chi connectivity index (χ0) is 7.61. The van der Waals surface area contributed by atoms with E-state index in [1.807, 2.05) is 0 Å². The van der Waals surface area contributed by atoms with Gasteiger partial charge in [0.25, 0.3) is 0 Å². The molecule has 0 aromatic heterocycles. The molecule has 60 valence electrons. The van der Waals surface area contributed by atoms with Crippen molar-refractivity contribution in [1.29, 1.82) is 0 Å². The molecule has 0 saturated heterocycles. The number of nitrogens with two attached hydrogens (primary N) is 1. The van der Waals surface area contributed by atoms with Crippen LogP contribution in [0.25, 0.3) is 0 Å². The quantitative estimate of drug-likeness (QED) is 0.638. The smallest absolute Gasteiger partial charge is 0.134 e. The number of methoxy groups -OCH3 is 1. The lowest BCUT2D eigenvalue weighted by Crippen LogP contribution is -2.46. The summed E-state index contributed by atoms with van der Waals surface area (Å²) in [4.78, 5) is 0. The maximum Gasteiger partial charge on any atom is 0.134 e. The van der Waals surface area contributed by atoms with Gasteiger partial charge >= 0.3 is 0 Å². The molecule has 0 aromatic rings. The van der Waals surface area contributed by atoms with Gasteiger partial charge in [-0.15, -0.1) is 0 Å². The third-order valence-electron chi connectivity index (χ3n) is 2.05. The molecule has 0 bridgehead atoms. The van der Waals surface area contributed by atoms with E-state index in [1.165, 1.54) is 7.11 Å². The van der Waals surface area contributed by atoms with Crippen LogP contribution in [-0.4, -0.2) is 25.9 Å². The van der Waals surface area contributed by atoms with Crippen LogP contribution in [0.5, 0.6) is 0 Å². The molecule has 1 aliphatic carbocycles.